The number of carbonyl (C=O) groups is 2. The van der Waals surface area contributed by atoms with Gasteiger partial charge < -0.3 is 14.5 Å². The molecule has 0 aliphatic carbocycles. The Kier molecular flexibility index (Phi) is 6.07. The summed E-state index contributed by atoms with van der Waals surface area (Å²) in [4.78, 5) is 29.1. The average molecular weight is 370 g/mol. The van der Waals surface area contributed by atoms with E-state index in [1.165, 1.54) is 11.3 Å². The lowest BCUT2D eigenvalue weighted by atomic mass is 10.2. The minimum Gasteiger partial charge on any atom is -0.493 e. The molecule has 2 aromatic rings. The van der Waals surface area contributed by atoms with Crippen molar-refractivity contribution < 1.29 is 14.3 Å². The smallest absolute Gasteiger partial charge is 0.264 e. The van der Waals surface area contributed by atoms with Crippen LogP contribution in [0.15, 0.2) is 47.9 Å². The van der Waals surface area contributed by atoms with Crippen molar-refractivity contribution in [1.82, 2.24) is 9.80 Å². The SMILES string of the molecule is CCOc1ccccc1/C=C/C(=O)N1CCN(C(=O)c2cccs2)CC1. The lowest BCUT2D eigenvalue weighted by Crippen LogP contribution is -2.50. The van der Waals surface area contributed by atoms with Crippen LogP contribution in [0.25, 0.3) is 6.08 Å². The number of hydrogen-bond donors (Lipinski definition) is 0. The van der Waals surface area contributed by atoms with E-state index in [1.807, 2.05) is 53.6 Å². The van der Waals surface area contributed by atoms with Crippen LogP contribution < -0.4 is 4.74 Å². The number of ether oxygens (including phenoxy) is 1. The number of nitrogens with zero attached hydrogens (tertiary/aromatic N) is 2. The van der Waals surface area contributed by atoms with E-state index in [-0.39, 0.29) is 11.8 Å². The van der Waals surface area contributed by atoms with Gasteiger partial charge >= 0.3 is 0 Å². The number of thiophene rings is 1. The van der Waals surface area contributed by atoms with Gasteiger partial charge in [0.2, 0.25) is 5.91 Å². The standard InChI is InChI=1S/C20H22N2O3S/c1-2-25-17-7-4-3-6-16(17)9-10-19(23)21-11-13-22(14-12-21)20(24)18-8-5-15-26-18/h3-10,15H,2,11-14H2,1H3/b10-9+. The first-order valence-electron chi connectivity index (χ1n) is 8.70. The summed E-state index contributed by atoms with van der Waals surface area (Å²) in [7, 11) is 0. The number of amides is 2. The summed E-state index contributed by atoms with van der Waals surface area (Å²) in [5, 5.41) is 1.90. The van der Waals surface area contributed by atoms with Crippen molar-refractivity contribution >= 4 is 29.2 Å². The van der Waals surface area contributed by atoms with Gasteiger partial charge in [-0.2, -0.15) is 0 Å². The zero-order valence-electron chi connectivity index (χ0n) is 14.8. The van der Waals surface area contributed by atoms with Gasteiger partial charge in [-0.25, -0.2) is 0 Å². The summed E-state index contributed by atoms with van der Waals surface area (Å²) in [6.45, 7) is 4.74. The first-order valence-corrected chi connectivity index (χ1v) is 9.58. The number of benzene rings is 1. The number of rotatable bonds is 5. The number of hydrogen-bond acceptors (Lipinski definition) is 4. The average Bonchev–Trinajstić information content (AvgIpc) is 3.21. The highest BCUT2D eigenvalue weighted by molar-refractivity contribution is 7.12. The maximum Gasteiger partial charge on any atom is 0.264 e. The molecule has 2 heterocycles. The number of para-hydroxylation sites is 1. The Morgan fingerprint density at radius 2 is 1.81 bits per heavy atom. The van der Waals surface area contributed by atoms with Gasteiger partial charge in [-0.1, -0.05) is 24.3 Å². The van der Waals surface area contributed by atoms with Gasteiger partial charge in [-0.15, -0.1) is 11.3 Å². The van der Waals surface area contributed by atoms with Gasteiger partial charge in [0.05, 0.1) is 11.5 Å². The summed E-state index contributed by atoms with van der Waals surface area (Å²) in [6.07, 6.45) is 3.37. The molecular weight excluding hydrogens is 348 g/mol. The number of piperazine rings is 1. The Morgan fingerprint density at radius 3 is 2.50 bits per heavy atom. The van der Waals surface area contributed by atoms with Crippen molar-refractivity contribution in [2.24, 2.45) is 0 Å². The summed E-state index contributed by atoms with van der Waals surface area (Å²) >= 11 is 1.45. The molecule has 6 heteroatoms. The molecule has 0 spiro atoms. The van der Waals surface area contributed by atoms with Crippen LogP contribution in [0, 0.1) is 0 Å². The van der Waals surface area contributed by atoms with Crippen molar-refractivity contribution in [1.29, 1.82) is 0 Å². The molecule has 0 unspecified atom stereocenters. The zero-order valence-corrected chi connectivity index (χ0v) is 15.6. The second-order valence-electron chi connectivity index (χ2n) is 5.90. The van der Waals surface area contributed by atoms with Gasteiger partial charge in [-0.3, -0.25) is 9.59 Å². The molecule has 1 saturated heterocycles. The second-order valence-corrected chi connectivity index (χ2v) is 6.85. The zero-order chi connectivity index (χ0) is 18.4. The quantitative estimate of drug-likeness (QED) is 0.760. The fourth-order valence-electron chi connectivity index (χ4n) is 2.86. The molecule has 0 atom stereocenters. The lowest BCUT2D eigenvalue weighted by Gasteiger charge is -2.34. The summed E-state index contributed by atoms with van der Waals surface area (Å²) in [5.41, 5.74) is 0.884. The predicted octanol–water partition coefficient (Wildman–Crippen LogP) is 3.14. The largest absolute Gasteiger partial charge is 0.493 e. The Bertz CT molecular complexity index is 778. The molecule has 2 amide bonds. The highest BCUT2D eigenvalue weighted by atomic mass is 32.1. The molecular formula is C20H22N2O3S. The van der Waals surface area contributed by atoms with E-state index in [1.54, 1.807) is 17.1 Å². The van der Waals surface area contributed by atoms with Crippen LogP contribution >= 0.6 is 11.3 Å². The van der Waals surface area contributed by atoms with Gasteiger partial charge in [0.15, 0.2) is 0 Å². The second kappa shape index (κ2) is 8.67. The van der Waals surface area contributed by atoms with E-state index in [0.29, 0.717) is 32.8 Å². The highest BCUT2D eigenvalue weighted by Crippen LogP contribution is 2.20. The highest BCUT2D eigenvalue weighted by Gasteiger charge is 2.24. The maximum atomic E-state index is 12.4. The topological polar surface area (TPSA) is 49.9 Å². The van der Waals surface area contributed by atoms with Crippen LogP contribution in [0.1, 0.15) is 22.2 Å². The van der Waals surface area contributed by atoms with Crippen LogP contribution in [0.3, 0.4) is 0 Å². The summed E-state index contributed by atoms with van der Waals surface area (Å²) in [6, 6.07) is 11.4. The fourth-order valence-corrected chi connectivity index (χ4v) is 3.55. The first kappa shape index (κ1) is 18.2. The Hall–Kier alpha value is -2.60. The molecule has 0 radical (unpaired) electrons. The van der Waals surface area contributed by atoms with Gasteiger partial charge in [0.25, 0.3) is 5.91 Å². The normalized spacial score (nSPS) is 14.7. The molecule has 1 aromatic carbocycles. The minimum absolute atomic E-state index is 0.0421. The van der Waals surface area contributed by atoms with Crippen molar-refractivity contribution in [3.63, 3.8) is 0 Å². The lowest BCUT2D eigenvalue weighted by molar-refractivity contribution is -0.127. The molecule has 1 fully saturated rings. The molecule has 3 rings (SSSR count). The molecule has 1 aliphatic heterocycles. The van der Waals surface area contributed by atoms with E-state index >= 15 is 0 Å². The van der Waals surface area contributed by atoms with Gasteiger partial charge in [0.1, 0.15) is 5.75 Å². The summed E-state index contributed by atoms with van der Waals surface area (Å²) < 4.78 is 5.57. The van der Waals surface area contributed by atoms with Crippen molar-refractivity contribution in [2.45, 2.75) is 6.92 Å². The Morgan fingerprint density at radius 1 is 1.08 bits per heavy atom. The van der Waals surface area contributed by atoms with Crippen LogP contribution in [-0.2, 0) is 4.79 Å². The monoisotopic (exact) mass is 370 g/mol. The molecule has 0 N–H and O–H groups in total. The van der Waals surface area contributed by atoms with Crippen LogP contribution in [0.5, 0.6) is 5.75 Å². The molecule has 1 aromatic heterocycles. The van der Waals surface area contributed by atoms with Crippen LogP contribution in [0.2, 0.25) is 0 Å². The molecule has 1 aliphatic rings. The van der Waals surface area contributed by atoms with Gasteiger partial charge in [-0.05, 0) is 30.5 Å². The predicted molar refractivity (Wildman–Crippen MR) is 103 cm³/mol. The minimum atomic E-state index is -0.0421. The van der Waals surface area contributed by atoms with Crippen molar-refractivity contribution in [3.05, 3.63) is 58.3 Å². The maximum absolute atomic E-state index is 12.4. The van der Waals surface area contributed by atoms with Crippen molar-refractivity contribution in [2.75, 3.05) is 32.8 Å². The summed E-state index contributed by atoms with van der Waals surface area (Å²) in [5.74, 6) is 0.776. The molecule has 0 saturated carbocycles. The van der Waals surface area contributed by atoms with E-state index < -0.39 is 0 Å². The Labute approximate surface area is 157 Å². The third-order valence-corrected chi connectivity index (χ3v) is 5.09. The van der Waals surface area contributed by atoms with E-state index in [2.05, 4.69) is 0 Å². The number of carbonyl (C=O) groups excluding carboxylic acids is 2. The molecule has 0 bridgehead atoms. The first-order chi connectivity index (χ1) is 12.7. The molecule has 5 nitrogen and oxygen atoms in total. The van der Waals surface area contributed by atoms with Crippen molar-refractivity contribution in [3.8, 4) is 5.75 Å². The Balaban J connectivity index is 1.56. The fraction of sp³-hybridized carbons (Fsp3) is 0.300. The van der Waals surface area contributed by atoms with Crippen LogP contribution in [-0.4, -0.2) is 54.4 Å². The molecule has 136 valence electrons. The third-order valence-electron chi connectivity index (χ3n) is 4.23. The third kappa shape index (κ3) is 4.32. The van der Waals surface area contributed by atoms with E-state index in [4.69, 9.17) is 4.74 Å². The van der Waals surface area contributed by atoms with Gasteiger partial charge in [0, 0.05) is 37.8 Å². The van der Waals surface area contributed by atoms with E-state index in [0.717, 1.165) is 16.2 Å². The molecule has 26 heavy (non-hydrogen) atoms. The van der Waals surface area contributed by atoms with E-state index in [9.17, 15) is 9.59 Å². The van der Waals surface area contributed by atoms with Crippen LogP contribution in [0.4, 0.5) is 0 Å².